The standard InChI is InChI=1S/C25H15F2N3O5S/c1-12-3-2-4-14(9-12)21-20(22(31)13-5-7-15(8-6-13)30(34)35)23(32)24(33)29(21)25-28-18-10-16(26)17(27)11-19(18)36-25/h2-11,21,31H,1H3/b22-20+. The number of benzene rings is 3. The van der Waals surface area contributed by atoms with E-state index in [0.29, 0.717) is 5.56 Å². The smallest absolute Gasteiger partial charge is 0.301 e. The molecule has 0 aliphatic carbocycles. The van der Waals surface area contributed by atoms with Crippen LogP contribution >= 0.6 is 11.3 Å². The molecule has 0 spiro atoms. The first kappa shape index (κ1) is 23.2. The first-order valence-electron chi connectivity index (χ1n) is 10.5. The van der Waals surface area contributed by atoms with Crippen molar-refractivity contribution in [1.29, 1.82) is 0 Å². The number of Topliss-reactive ketones (excluding diaryl/α,β-unsaturated/α-hetero) is 1. The molecule has 1 N–H and O–H groups in total. The number of aryl methyl sites for hydroxylation is 1. The number of ketones is 1. The lowest BCUT2D eigenvalue weighted by atomic mass is 9.94. The molecule has 1 unspecified atom stereocenters. The predicted octanol–water partition coefficient (Wildman–Crippen LogP) is 5.42. The number of nitro benzene ring substituents is 1. The highest BCUT2D eigenvalue weighted by molar-refractivity contribution is 7.22. The Labute approximate surface area is 205 Å². The summed E-state index contributed by atoms with van der Waals surface area (Å²) in [5, 5.41) is 22.1. The minimum Gasteiger partial charge on any atom is -0.507 e. The summed E-state index contributed by atoms with van der Waals surface area (Å²) in [5.74, 6) is -4.67. The zero-order chi connectivity index (χ0) is 25.7. The Kier molecular flexibility index (Phi) is 5.56. The van der Waals surface area contributed by atoms with E-state index in [1.165, 1.54) is 24.3 Å². The molecule has 1 aliphatic heterocycles. The van der Waals surface area contributed by atoms with Gasteiger partial charge in [0, 0.05) is 23.8 Å². The number of amides is 1. The lowest BCUT2D eigenvalue weighted by molar-refractivity contribution is -0.384. The summed E-state index contributed by atoms with van der Waals surface area (Å²) in [7, 11) is 0. The number of aliphatic hydroxyl groups is 1. The number of carbonyl (C=O) groups is 2. The van der Waals surface area contributed by atoms with Crippen molar-refractivity contribution in [3.63, 3.8) is 0 Å². The Morgan fingerprint density at radius 1 is 1.08 bits per heavy atom. The average molecular weight is 507 g/mol. The van der Waals surface area contributed by atoms with E-state index in [-0.39, 0.29) is 32.2 Å². The van der Waals surface area contributed by atoms with Gasteiger partial charge in [-0.3, -0.25) is 24.6 Å². The van der Waals surface area contributed by atoms with Gasteiger partial charge in [0.2, 0.25) is 0 Å². The van der Waals surface area contributed by atoms with E-state index in [0.717, 1.165) is 33.9 Å². The van der Waals surface area contributed by atoms with Crippen LogP contribution in [0.3, 0.4) is 0 Å². The number of non-ortho nitro benzene ring substituents is 1. The van der Waals surface area contributed by atoms with Gasteiger partial charge in [-0.05, 0) is 30.7 Å². The molecule has 1 fully saturated rings. The Morgan fingerprint density at radius 2 is 1.78 bits per heavy atom. The maximum Gasteiger partial charge on any atom is 0.301 e. The van der Waals surface area contributed by atoms with Crippen LogP contribution in [0.25, 0.3) is 16.0 Å². The summed E-state index contributed by atoms with van der Waals surface area (Å²) in [5.41, 5.74) is 1.07. The molecule has 2 heterocycles. The number of aliphatic hydroxyl groups excluding tert-OH is 1. The fourth-order valence-corrected chi connectivity index (χ4v) is 5.10. The Bertz CT molecular complexity index is 1570. The Hall–Kier alpha value is -4.51. The van der Waals surface area contributed by atoms with E-state index < -0.39 is 40.0 Å². The van der Waals surface area contributed by atoms with Gasteiger partial charge >= 0.3 is 5.91 Å². The summed E-state index contributed by atoms with van der Waals surface area (Å²) in [4.78, 5) is 42.2. The van der Waals surface area contributed by atoms with Crippen molar-refractivity contribution in [1.82, 2.24) is 4.98 Å². The number of anilines is 1. The molecule has 1 aromatic heterocycles. The van der Waals surface area contributed by atoms with Crippen molar-refractivity contribution in [2.75, 3.05) is 4.90 Å². The highest BCUT2D eigenvalue weighted by Gasteiger charge is 2.48. The molecule has 8 nitrogen and oxygen atoms in total. The molecule has 5 rings (SSSR count). The molecule has 4 aromatic rings. The van der Waals surface area contributed by atoms with E-state index in [1.54, 1.807) is 18.2 Å². The summed E-state index contributed by atoms with van der Waals surface area (Å²) in [6, 6.07) is 12.6. The van der Waals surface area contributed by atoms with Gasteiger partial charge in [0.1, 0.15) is 5.76 Å². The molecule has 0 radical (unpaired) electrons. The maximum absolute atomic E-state index is 13.8. The van der Waals surface area contributed by atoms with Crippen molar-refractivity contribution in [3.05, 3.63) is 105 Å². The third-order valence-corrected chi connectivity index (χ3v) is 6.80. The van der Waals surface area contributed by atoms with Crippen molar-refractivity contribution in [3.8, 4) is 0 Å². The van der Waals surface area contributed by atoms with E-state index in [4.69, 9.17) is 0 Å². The number of nitrogens with zero attached hydrogens (tertiary/aromatic N) is 3. The quantitative estimate of drug-likeness (QED) is 0.130. The van der Waals surface area contributed by atoms with Crippen LogP contribution in [0.1, 0.15) is 22.7 Å². The number of nitro groups is 1. The van der Waals surface area contributed by atoms with Gasteiger partial charge in [0.15, 0.2) is 16.8 Å². The number of fused-ring (bicyclic) bond motifs is 1. The van der Waals surface area contributed by atoms with Gasteiger partial charge in [-0.25, -0.2) is 13.8 Å². The van der Waals surface area contributed by atoms with Crippen LogP contribution in [0.15, 0.2) is 66.2 Å². The number of rotatable bonds is 4. The number of halogens is 2. The summed E-state index contributed by atoms with van der Waals surface area (Å²) in [6.45, 7) is 1.81. The summed E-state index contributed by atoms with van der Waals surface area (Å²) >= 11 is 0.896. The first-order chi connectivity index (χ1) is 17.2. The van der Waals surface area contributed by atoms with Crippen LogP contribution in [0, 0.1) is 28.7 Å². The van der Waals surface area contributed by atoms with Gasteiger partial charge in [-0.2, -0.15) is 0 Å². The van der Waals surface area contributed by atoms with Crippen LogP contribution in [-0.4, -0.2) is 26.7 Å². The van der Waals surface area contributed by atoms with Crippen LogP contribution in [0.2, 0.25) is 0 Å². The predicted molar refractivity (Wildman–Crippen MR) is 129 cm³/mol. The topological polar surface area (TPSA) is 114 Å². The third kappa shape index (κ3) is 3.79. The summed E-state index contributed by atoms with van der Waals surface area (Å²) < 4.78 is 27.8. The van der Waals surface area contributed by atoms with Crippen molar-refractivity contribution < 1.29 is 28.4 Å². The fraction of sp³-hybridized carbons (Fsp3) is 0.0800. The SMILES string of the molecule is Cc1cccc(C2/C(=C(\O)c3ccc([N+](=O)[O-])cc3)C(=O)C(=O)N2c2nc3cc(F)c(F)cc3s2)c1. The lowest BCUT2D eigenvalue weighted by Crippen LogP contribution is -2.29. The van der Waals surface area contributed by atoms with Gasteiger partial charge in [-0.15, -0.1) is 0 Å². The number of carbonyl (C=O) groups excluding carboxylic acids is 2. The highest BCUT2D eigenvalue weighted by atomic mass is 32.1. The molecular weight excluding hydrogens is 492 g/mol. The van der Waals surface area contributed by atoms with Gasteiger partial charge in [-0.1, -0.05) is 41.2 Å². The summed E-state index contributed by atoms with van der Waals surface area (Å²) in [6.07, 6.45) is 0. The van der Waals surface area contributed by atoms with E-state index in [2.05, 4.69) is 4.98 Å². The lowest BCUT2D eigenvalue weighted by Gasteiger charge is -2.23. The zero-order valence-electron chi connectivity index (χ0n) is 18.4. The third-order valence-electron chi connectivity index (χ3n) is 5.78. The molecule has 1 aliphatic rings. The molecule has 3 aromatic carbocycles. The molecule has 36 heavy (non-hydrogen) atoms. The molecule has 0 bridgehead atoms. The monoisotopic (exact) mass is 507 g/mol. The van der Waals surface area contributed by atoms with Crippen molar-refractivity contribution >= 4 is 49.8 Å². The van der Waals surface area contributed by atoms with Crippen LogP contribution < -0.4 is 4.90 Å². The molecule has 180 valence electrons. The normalized spacial score (nSPS) is 17.2. The highest BCUT2D eigenvalue weighted by Crippen LogP contribution is 2.44. The van der Waals surface area contributed by atoms with Gasteiger partial charge in [0.05, 0.1) is 26.8 Å². The second-order valence-corrected chi connectivity index (χ2v) is 9.13. The fourth-order valence-electron chi connectivity index (χ4n) is 4.10. The Balaban J connectivity index is 1.71. The van der Waals surface area contributed by atoms with Crippen LogP contribution in [-0.2, 0) is 9.59 Å². The largest absolute Gasteiger partial charge is 0.507 e. The minimum absolute atomic E-state index is 0.0198. The van der Waals surface area contributed by atoms with Crippen LogP contribution in [0.4, 0.5) is 19.6 Å². The Morgan fingerprint density at radius 3 is 2.44 bits per heavy atom. The van der Waals surface area contributed by atoms with E-state index in [1.807, 2.05) is 13.0 Å². The number of hydrogen-bond donors (Lipinski definition) is 1. The molecule has 1 atom stereocenters. The second-order valence-electron chi connectivity index (χ2n) is 8.12. The first-order valence-corrected chi connectivity index (χ1v) is 11.4. The minimum atomic E-state index is -1.10. The average Bonchev–Trinajstić information content (AvgIpc) is 3.36. The molecule has 1 saturated heterocycles. The zero-order valence-corrected chi connectivity index (χ0v) is 19.3. The molecule has 1 amide bonds. The maximum atomic E-state index is 13.8. The molecule has 0 saturated carbocycles. The molecule has 11 heteroatoms. The van der Waals surface area contributed by atoms with E-state index in [9.17, 15) is 33.6 Å². The van der Waals surface area contributed by atoms with Gasteiger partial charge in [0.25, 0.3) is 11.5 Å². The van der Waals surface area contributed by atoms with Crippen molar-refractivity contribution in [2.24, 2.45) is 0 Å². The molecular formula is C25H15F2N3O5S. The number of aromatic nitrogens is 1. The number of thiazole rings is 1. The van der Waals surface area contributed by atoms with Crippen molar-refractivity contribution in [2.45, 2.75) is 13.0 Å². The second kappa shape index (κ2) is 8.61. The van der Waals surface area contributed by atoms with Gasteiger partial charge < -0.3 is 5.11 Å². The number of hydrogen-bond acceptors (Lipinski definition) is 7. The van der Waals surface area contributed by atoms with E-state index >= 15 is 0 Å². The van der Waals surface area contributed by atoms with Crippen LogP contribution in [0.5, 0.6) is 0 Å².